The van der Waals surface area contributed by atoms with Crippen molar-refractivity contribution < 1.29 is 19.4 Å². The predicted octanol–water partition coefficient (Wildman–Crippen LogP) is 2.32. The SMILES string of the molecule is COc1cc(/C=C(\C)OC(C)=O)ccc1O. The molecule has 0 bridgehead atoms. The zero-order chi connectivity index (χ0) is 12.1. The topological polar surface area (TPSA) is 55.8 Å². The van der Waals surface area contributed by atoms with Crippen LogP contribution in [-0.4, -0.2) is 18.2 Å². The second-order valence-electron chi connectivity index (χ2n) is 3.28. The Hall–Kier alpha value is -1.97. The van der Waals surface area contributed by atoms with Crippen LogP contribution in [0, 0.1) is 0 Å². The van der Waals surface area contributed by atoms with Gasteiger partial charge in [0.25, 0.3) is 0 Å². The number of hydrogen-bond donors (Lipinski definition) is 1. The van der Waals surface area contributed by atoms with Crippen LogP contribution >= 0.6 is 0 Å². The Morgan fingerprint density at radius 3 is 2.62 bits per heavy atom. The van der Waals surface area contributed by atoms with Crippen LogP contribution in [0.25, 0.3) is 6.08 Å². The minimum absolute atomic E-state index is 0.0739. The highest BCUT2D eigenvalue weighted by molar-refractivity contribution is 5.69. The Morgan fingerprint density at radius 1 is 1.38 bits per heavy atom. The van der Waals surface area contributed by atoms with Crippen LogP contribution < -0.4 is 4.74 Å². The summed E-state index contributed by atoms with van der Waals surface area (Å²) in [6.07, 6.45) is 1.68. The Labute approximate surface area is 94.1 Å². The van der Waals surface area contributed by atoms with E-state index in [4.69, 9.17) is 9.47 Å². The third-order valence-corrected chi connectivity index (χ3v) is 1.88. The quantitative estimate of drug-likeness (QED) is 0.630. The molecule has 1 N–H and O–H groups in total. The van der Waals surface area contributed by atoms with E-state index in [1.807, 2.05) is 0 Å². The summed E-state index contributed by atoms with van der Waals surface area (Å²) in [5.41, 5.74) is 0.786. The highest BCUT2D eigenvalue weighted by Crippen LogP contribution is 2.27. The van der Waals surface area contributed by atoms with Gasteiger partial charge in [-0.3, -0.25) is 4.79 Å². The first-order chi connectivity index (χ1) is 7.52. The third kappa shape index (κ3) is 3.31. The van der Waals surface area contributed by atoms with Crippen molar-refractivity contribution >= 4 is 12.0 Å². The molecule has 86 valence electrons. The summed E-state index contributed by atoms with van der Waals surface area (Å²) in [6.45, 7) is 3.02. The molecular formula is C12H14O4. The second kappa shape index (κ2) is 5.21. The molecule has 0 aliphatic rings. The van der Waals surface area contributed by atoms with Gasteiger partial charge in [0.1, 0.15) is 5.76 Å². The molecule has 0 radical (unpaired) electrons. The molecule has 0 aromatic heterocycles. The largest absolute Gasteiger partial charge is 0.504 e. The molecule has 0 aliphatic heterocycles. The van der Waals surface area contributed by atoms with E-state index < -0.39 is 0 Å². The number of ether oxygens (including phenoxy) is 2. The fraction of sp³-hybridized carbons (Fsp3) is 0.250. The number of esters is 1. The molecule has 0 saturated heterocycles. The van der Waals surface area contributed by atoms with Crippen LogP contribution in [0.15, 0.2) is 24.0 Å². The van der Waals surface area contributed by atoms with E-state index in [9.17, 15) is 9.90 Å². The normalized spacial score (nSPS) is 11.1. The first-order valence-corrected chi connectivity index (χ1v) is 4.76. The minimum Gasteiger partial charge on any atom is -0.504 e. The molecule has 0 heterocycles. The van der Waals surface area contributed by atoms with Crippen molar-refractivity contribution in [3.63, 3.8) is 0 Å². The molecule has 0 fully saturated rings. The van der Waals surface area contributed by atoms with E-state index >= 15 is 0 Å². The highest BCUT2D eigenvalue weighted by Gasteiger charge is 2.02. The van der Waals surface area contributed by atoms with Crippen LogP contribution in [0.5, 0.6) is 11.5 Å². The lowest BCUT2D eigenvalue weighted by Crippen LogP contribution is -1.95. The van der Waals surface area contributed by atoms with E-state index in [1.54, 1.807) is 25.1 Å². The van der Waals surface area contributed by atoms with Gasteiger partial charge in [0.2, 0.25) is 0 Å². The maximum atomic E-state index is 10.7. The standard InChI is InChI=1S/C12H14O4/c1-8(16-9(2)13)6-10-4-5-11(14)12(7-10)15-3/h4-7,14H,1-3H3/b8-6+. The van der Waals surface area contributed by atoms with Gasteiger partial charge in [-0.15, -0.1) is 0 Å². The van der Waals surface area contributed by atoms with Gasteiger partial charge in [-0.2, -0.15) is 0 Å². The average Bonchev–Trinajstić information content (AvgIpc) is 2.19. The molecule has 0 aliphatic carbocycles. The number of methoxy groups -OCH3 is 1. The van der Waals surface area contributed by atoms with E-state index in [2.05, 4.69) is 0 Å². The van der Waals surface area contributed by atoms with Crippen LogP contribution in [0.3, 0.4) is 0 Å². The van der Waals surface area contributed by atoms with Crippen LogP contribution in [0.1, 0.15) is 19.4 Å². The van der Waals surface area contributed by atoms with Gasteiger partial charge in [-0.25, -0.2) is 0 Å². The molecule has 16 heavy (non-hydrogen) atoms. The summed E-state index contributed by atoms with van der Waals surface area (Å²) in [5.74, 6) is 0.578. The van der Waals surface area contributed by atoms with Crippen molar-refractivity contribution in [2.24, 2.45) is 0 Å². The van der Waals surface area contributed by atoms with Crippen molar-refractivity contribution in [3.05, 3.63) is 29.5 Å². The van der Waals surface area contributed by atoms with Crippen LogP contribution in [0.4, 0.5) is 0 Å². The Kier molecular flexibility index (Phi) is 3.94. The second-order valence-corrected chi connectivity index (χ2v) is 3.28. The van der Waals surface area contributed by atoms with Crippen molar-refractivity contribution in [2.75, 3.05) is 7.11 Å². The molecular weight excluding hydrogens is 208 g/mol. The molecule has 0 unspecified atom stereocenters. The lowest BCUT2D eigenvalue weighted by Gasteiger charge is -2.05. The number of phenols is 1. The van der Waals surface area contributed by atoms with Gasteiger partial charge in [0, 0.05) is 6.92 Å². The van der Waals surface area contributed by atoms with Crippen molar-refractivity contribution in [1.29, 1.82) is 0 Å². The van der Waals surface area contributed by atoms with Crippen LogP contribution in [-0.2, 0) is 9.53 Å². The first-order valence-electron chi connectivity index (χ1n) is 4.76. The fourth-order valence-electron chi connectivity index (χ4n) is 1.27. The Balaban J connectivity index is 2.93. The monoisotopic (exact) mass is 222 g/mol. The maximum Gasteiger partial charge on any atom is 0.307 e. The molecule has 0 spiro atoms. The first kappa shape index (κ1) is 12.1. The maximum absolute atomic E-state index is 10.7. The molecule has 0 saturated carbocycles. The molecule has 4 heteroatoms. The number of allylic oxidation sites excluding steroid dienone is 1. The van der Waals surface area contributed by atoms with E-state index in [0.717, 1.165) is 5.56 Å². The lowest BCUT2D eigenvalue weighted by molar-refractivity contribution is -0.136. The smallest absolute Gasteiger partial charge is 0.307 e. The number of rotatable bonds is 3. The van der Waals surface area contributed by atoms with Crippen LogP contribution in [0.2, 0.25) is 0 Å². The summed E-state index contributed by atoms with van der Waals surface area (Å²) in [7, 11) is 1.47. The Bertz CT molecular complexity index is 421. The number of aromatic hydroxyl groups is 1. The van der Waals surface area contributed by atoms with Crippen molar-refractivity contribution in [3.8, 4) is 11.5 Å². The number of carbonyl (C=O) groups is 1. The average molecular weight is 222 g/mol. The minimum atomic E-state index is -0.362. The molecule has 4 nitrogen and oxygen atoms in total. The number of hydrogen-bond acceptors (Lipinski definition) is 4. The summed E-state index contributed by atoms with van der Waals surface area (Å²) < 4.78 is 9.84. The number of phenolic OH excluding ortho intramolecular Hbond substituents is 1. The van der Waals surface area contributed by atoms with Gasteiger partial charge in [0.05, 0.1) is 7.11 Å². The molecule has 0 atom stereocenters. The summed E-state index contributed by atoms with van der Waals surface area (Å²) in [5, 5.41) is 9.38. The Morgan fingerprint density at radius 2 is 2.06 bits per heavy atom. The van der Waals surface area contributed by atoms with Crippen molar-refractivity contribution in [2.45, 2.75) is 13.8 Å². The highest BCUT2D eigenvalue weighted by atomic mass is 16.5. The molecule has 1 rings (SSSR count). The molecule has 1 aromatic rings. The van der Waals surface area contributed by atoms with Gasteiger partial charge < -0.3 is 14.6 Å². The van der Waals surface area contributed by atoms with E-state index in [0.29, 0.717) is 11.5 Å². The van der Waals surface area contributed by atoms with Crippen molar-refractivity contribution in [1.82, 2.24) is 0 Å². The third-order valence-electron chi connectivity index (χ3n) is 1.88. The van der Waals surface area contributed by atoms with Gasteiger partial charge in [-0.05, 0) is 30.7 Å². The van der Waals surface area contributed by atoms with E-state index in [-0.39, 0.29) is 11.7 Å². The fourth-order valence-corrected chi connectivity index (χ4v) is 1.27. The zero-order valence-corrected chi connectivity index (χ0v) is 9.48. The zero-order valence-electron chi connectivity index (χ0n) is 9.48. The summed E-state index contributed by atoms with van der Waals surface area (Å²) in [4.78, 5) is 10.7. The van der Waals surface area contributed by atoms with Gasteiger partial charge in [-0.1, -0.05) is 6.07 Å². The predicted molar refractivity (Wildman–Crippen MR) is 60.1 cm³/mol. The molecule has 0 amide bonds. The van der Waals surface area contributed by atoms with Gasteiger partial charge in [0.15, 0.2) is 11.5 Å². The number of carbonyl (C=O) groups excluding carboxylic acids is 1. The van der Waals surface area contributed by atoms with Gasteiger partial charge >= 0.3 is 5.97 Å². The molecule has 1 aromatic carbocycles. The number of benzene rings is 1. The summed E-state index contributed by atoms with van der Waals surface area (Å²) >= 11 is 0. The lowest BCUT2D eigenvalue weighted by atomic mass is 10.2. The summed E-state index contributed by atoms with van der Waals surface area (Å²) in [6, 6.07) is 4.87. The van der Waals surface area contributed by atoms with E-state index in [1.165, 1.54) is 20.1 Å².